The molecule has 0 heterocycles. The first-order valence-corrected chi connectivity index (χ1v) is 7.17. The van der Waals surface area contributed by atoms with Crippen LogP contribution in [0, 0.1) is 0 Å². The molecule has 0 aliphatic heterocycles. The average Bonchev–Trinajstić information content (AvgIpc) is 2.38. The monoisotopic (exact) mass is 286 g/mol. The molecule has 0 unspecified atom stereocenters. The van der Waals surface area contributed by atoms with Crippen molar-refractivity contribution in [2.45, 2.75) is 25.2 Å². The summed E-state index contributed by atoms with van der Waals surface area (Å²) >= 11 is 5.94. The van der Waals surface area contributed by atoms with E-state index in [9.17, 15) is 9.90 Å². The number of aromatic carboxylic acids is 1. The third-order valence-corrected chi connectivity index (χ3v) is 4.34. The van der Waals surface area contributed by atoms with E-state index in [4.69, 9.17) is 11.6 Å². The zero-order valence-corrected chi connectivity index (χ0v) is 11.7. The number of rotatable bonds is 3. The van der Waals surface area contributed by atoms with Crippen molar-refractivity contribution < 1.29 is 9.90 Å². The first-order valence-electron chi connectivity index (χ1n) is 6.79. The quantitative estimate of drug-likeness (QED) is 0.864. The predicted octanol–water partition coefficient (Wildman–Crippen LogP) is 4.97. The molecule has 0 spiro atoms. The van der Waals surface area contributed by atoms with Gasteiger partial charge in [-0.2, -0.15) is 0 Å². The maximum atomic E-state index is 11.2. The standard InChI is InChI=1S/C17H15ClO2/c18-16-9-8-12(10-15(16)17(19)20)14-7-2-1-6-13(14)11-4-3-5-11/h1-2,6-11H,3-5H2,(H,19,20). The first kappa shape index (κ1) is 13.2. The van der Waals surface area contributed by atoms with Crippen molar-refractivity contribution in [3.8, 4) is 11.1 Å². The van der Waals surface area contributed by atoms with Crippen molar-refractivity contribution in [2.75, 3.05) is 0 Å². The van der Waals surface area contributed by atoms with Crippen LogP contribution in [-0.2, 0) is 0 Å². The van der Waals surface area contributed by atoms with Crippen LogP contribution in [0.1, 0.15) is 41.1 Å². The summed E-state index contributed by atoms with van der Waals surface area (Å²) < 4.78 is 0. The van der Waals surface area contributed by atoms with Crippen LogP contribution in [0.2, 0.25) is 5.02 Å². The van der Waals surface area contributed by atoms with E-state index in [0.29, 0.717) is 5.92 Å². The largest absolute Gasteiger partial charge is 0.478 e. The molecule has 1 saturated carbocycles. The number of carboxylic acids is 1. The Hall–Kier alpha value is -1.80. The van der Waals surface area contributed by atoms with Gasteiger partial charge in [-0.1, -0.05) is 48.4 Å². The number of hydrogen-bond acceptors (Lipinski definition) is 1. The highest BCUT2D eigenvalue weighted by Gasteiger charge is 2.22. The molecule has 20 heavy (non-hydrogen) atoms. The Kier molecular flexibility index (Phi) is 3.49. The minimum Gasteiger partial charge on any atom is -0.478 e. The van der Waals surface area contributed by atoms with Crippen molar-refractivity contribution in [2.24, 2.45) is 0 Å². The molecule has 0 bridgehead atoms. The normalized spacial score (nSPS) is 14.8. The fourth-order valence-corrected chi connectivity index (χ4v) is 2.89. The summed E-state index contributed by atoms with van der Waals surface area (Å²) in [7, 11) is 0. The summed E-state index contributed by atoms with van der Waals surface area (Å²) in [6.07, 6.45) is 3.72. The van der Waals surface area contributed by atoms with Gasteiger partial charge in [0.15, 0.2) is 0 Å². The van der Waals surface area contributed by atoms with Gasteiger partial charge in [0.05, 0.1) is 10.6 Å². The number of benzene rings is 2. The Morgan fingerprint density at radius 1 is 1.15 bits per heavy atom. The molecule has 2 aromatic carbocycles. The van der Waals surface area contributed by atoms with Gasteiger partial charge >= 0.3 is 5.97 Å². The van der Waals surface area contributed by atoms with Crippen LogP contribution in [0.5, 0.6) is 0 Å². The molecule has 3 heteroatoms. The second kappa shape index (κ2) is 5.29. The van der Waals surface area contributed by atoms with Crippen molar-refractivity contribution in [3.05, 3.63) is 58.6 Å². The molecule has 1 aliphatic rings. The van der Waals surface area contributed by atoms with Crippen molar-refractivity contribution in [1.29, 1.82) is 0 Å². The van der Waals surface area contributed by atoms with Crippen LogP contribution in [0.25, 0.3) is 11.1 Å². The van der Waals surface area contributed by atoms with Crippen LogP contribution in [0.4, 0.5) is 0 Å². The summed E-state index contributed by atoms with van der Waals surface area (Å²) in [6.45, 7) is 0. The van der Waals surface area contributed by atoms with Crippen molar-refractivity contribution in [3.63, 3.8) is 0 Å². The summed E-state index contributed by atoms with van der Waals surface area (Å²) in [6, 6.07) is 13.5. The summed E-state index contributed by atoms with van der Waals surface area (Å²) in [4.78, 5) is 11.2. The SMILES string of the molecule is O=C(O)c1cc(-c2ccccc2C2CCC2)ccc1Cl. The van der Waals surface area contributed by atoms with Crippen LogP contribution < -0.4 is 0 Å². The van der Waals surface area contributed by atoms with Gasteiger partial charge in [-0.3, -0.25) is 0 Å². The van der Waals surface area contributed by atoms with Crippen molar-refractivity contribution in [1.82, 2.24) is 0 Å². The van der Waals surface area contributed by atoms with Crippen LogP contribution in [-0.4, -0.2) is 11.1 Å². The molecular formula is C17H15ClO2. The fourth-order valence-electron chi connectivity index (χ4n) is 2.69. The van der Waals surface area contributed by atoms with E-state index < -0.39 is 5.97 Å². The minimum atomic E-state index is -0.988. The number of carboxylic acid groups (broad SMARTS) is 1. The van der Waals surface area contributed by atoms with E-state index in [0.717, 1.165) is 11.1 Å². The lowest BCUT2D eigenvalue weighted by atomic mass is 9.77. The second-order valence-corrected chi connectivity index (χ2v) is 5.62. The Bertz CT molecular complexity index is 660. The van der Waals surface area contributed by atoms with Gasteiger partial charge in [0.1, 0.15) is 0 Å². The van der Waals surface area contributed by atoms with E-state index in [-0.39, 0.29) is 10.6 Å². The number of carbonyl (C=O) groups is 1. The topological polar surface area (TPSA) is 37.3 Å². The predicted molar refractivity (Wildman–Crippen MR) is 80.4 cm³/mol. The molecule has 1 N–H and O–H groups in total. The van der Waals surface area contributed by atoms with Gasteiger partial charge in [0.25, 0.3) is 0 Å². The lowest BCUT2D eigenvalue weighted by Crippen LogP contribution is -2.10. The van der Waals surface area contributed by atoms with Gasteiger partial charge in [-0.25, -0.2) is 4.79 Å². The summed E-state index contributed by atoms with van der Waals surface area (Å²) in [5, 5.41) is 9.47. The highest BCUT2D eigenvalue weighted by Crippen LogP contribution is 2.41. The molecule has 0 radical (unpaired) electrons. The highest BCUT2D eigenvalue weighted by molar-refractivity contribution is 6.33. The van der Waals surface area contributed by atoms with E-state index in [1.807, 2.05) is 18.2 Å². The Morgan fingerprint density at radius 2 is 1.90 bits per heavy atom. The Labute approximate surface area is 123 Å². The van der Waals surface area contributed by atoms with Crippen LogP contribution in [0.3, 0.4) is 0 Å². The zero-order valence-electron chi connectivity index (χ0n) is 11.0. The molecule has 0 aromatic heterocycles. The first-order chi connectivity index (χ1) is 9.66. The van der Waals surface area contributed by atoms with E-state index in [1.165, 1.54) is 24.8 Å². The summed E-state index contributed by atoms with van der Waals surface area (Å²) in [5.74, 6) is -0.381. The fraction of sp³-hybridized carbons (Fsp3) is 0.235. The van der Waals surface area contributed by atoms with E-state index in [1.54, 1.807) is 12.1 Å². The highest BCUT2D eigenvalue weighted by atomic mass is 35.5. The van der Waals surface area contributed by atoms with E-state index >= 15 is 0 Å². The van der Waals surface area contributed by atoms with Gasteiger partial charge in [-0.05, 0) is 47.6 Å². The maximum Gasteiger partial charge on any atom is 0.337 e. The average molecular weight is 287 g/mol. The Morgan fingerprint density at radius 3 is 2.55 bits per heavy atom. The molecule has 1 fully saturated rings. The number of hydrogen-bond donors (Lipinski definition) is 1. The van der Waals surface area contributed by atoms with Gasteiger partial charge in [0, 0.05) is 0 Å². The van der Waals surface area contributed by atoms with Gasteiger partial charge in [0.2, 0.25) is 0 Å². The van der Waals surface area contributed by atoms with Crippen LogP contribution >= 0.6 is 11.6 Å². The van der Waals surface area contributed by atoms with Gasteiger partial charge in [-0.15, -0.1) is 0 Å². The molecular weight excluding hydrogens is 272 g/mol. The molecule has 1 aliphatic carbocycles. The van der Waals surface area contributed by atoms with Crippen molar-refractivity contribution >= 4 is 17.6 Å². The van der Waals surface area contributed by atoms with Crippen LogP contribution in [0.15, 0.2) is 42.5 Å². The summed E-state index contributed by atoms with van der Waals surface area (Å²) in [5.41, 5.74) is 3.52. The molecule has 0 atom stereocenters. The lowest BCUT2D eigenvalue weighted by Gasteiger charge is -2.28. The smallest absolute Gasteiger partial charge is 0.337 e. The Balaban J connectivity index is 2.09. The third kappa shape index (κ3) is 2.32. The minimum absolute atomic E-state index is 0.160. The second-order valence-electron chi connectivity index (χ2n) is 5.21. The zero-order chi connectivity index (χ0) is 14.1. The number of halogens is 1. The molecule has 2 aromatic rings. The molecule has 0 saturated heterocycles. The lowest BCUT2D eigenvalue weighted by molar-refractivity contribution is 0.0697. The van der Waals surface area contributed by atoms with E-state index in [2.05, 4.69) is 12.1 Å². The molecule has 102 valence electrons. The molecule has 0 amide bonds. The maximum absolute atomic E-state index is 11.2. The third-order valence-electron chi connectivity index (χ3n) is 4.01. The molecule has 3 rings (SSSR count). The van der Waals surface area contributed by atoms with Gasteiger partial charge < -0.3 is 5.11 Å². The molecule has 2 nitrogen and oxygen atoms in total.